The van der Waals surface area contributed by atoms with Crippen molar-refractivity contribution < 1.29 is 14.3 Å². The molecule has 0 saturated carbocycles. The van der Waals surface area contributed by atoms with Crippen LogP contribution in [-0.4, -0.2) is 18.4 Å². The van der Waals surface area contributed by atoms with Crippen molar-refractivity contribution in [3.05, 3.63) is 45.3 Å². The van der Waals surface area contributed by atoms with Gasteiger partial charge in [-0.05, 0) is 67.9 Å². The number of rotatable bonds is 5. The molecule has 0 bridgehead atoms. The molecule has 1 aliphatic carbocycles. The quantitative estimate of drug-likeness (QED) is 0.841. The van der Waals surface area contributed by atoms with Crippen LogP contribution in [-0.2, 0) is 17.6 Å². The molecule has 138 valence electrons. The summed E-state index contributed by atoms with van der Waals surface area (Å²) in [4.78, 5) is 25.4. The average Bonchev–Trinajstić information content (AvgIpc) is 2.92. The third-order valence-electron chi connectivity index (χ3n) is 4.86. The van der Waals surface area contributed by atoms with Crippen molar-refractivity contribution in [3.8, 4) is 5.75 Å². The second-order valence-corrected chi connectivity index (χ2v) is 8.11. The Morgan fingerprint density at radius 3 is 2.77 bits per heavy atom. The summed E-state index contributed by atoms with van der Waals surface area (Å²) in [7, 11) is 0. The summed E-state index contributed by atoms with van der Waals surface area (Å²) in [5, 5.41) is 3.36. The fourth-order valence-electron chi connectivity index (χ4n) is 3.21. The summed E-state index contributed by atoms with van der Waals surface area (Å²) >= 11 is 1.46. The molecule has 1 aromatic heterocycles. The number of amides is 2. The molecule has 3 rings (SSSR count). The minimum absolute atomic E-state index is 0.111. The predicted octanol–water partition coefficient (Wildman–Crippen LogP) is 3.61. The highest BCUT2D eigenvalue weighted by Crippen LogP contribution is 2.39. The Morgan fingerprint density at radius 2 is 2.08 bits per heavy atom. The molecule has 1 aliphatic rings. The smallest absolute Gasteiger partial charge is 0.262 e. The molecule has 3 N–H and O–H groups in total. The summed E-state index contributed by atoms with van der Waals surface area (Å²) in [6.45, 7) is 6.11. The van der Waals surface area contributed by atoms with Crippen LogP contribution in [0.3, 0.4) is 0 Å². The number of benzene rings is 1. The SMILES string of the molecule is Cc1ccc(OCC(=O)Nc2sc3c(c2C(N)=O)CC[C@@H](C)C3)cc1C. The van der Waals surface area contributed by atoms with Crippen molar-refractivity contribution in [3.63, 3.8) is 0 Å². The Bertz CT molecular complexity index is 857. The molecule has 1 heterocycles. The first-order chi connectivity index (χ1) is 12.3. The zero-order valence-electron chi connectivity index (χ0n) is 15.3. The molecule has 2 amide bonds. The van der Waals surface area contributed by atoms with Crippen LogP contribution in [0.4, 0.5) is 5.00 Å². The molecule has 1 atom stereocenters. The number of fused-ring (bicyclic) bond motifs is 1. The molecule has 0 radical (unpaired) electrons. The van der Waals surface area contributed by atoms with Gasteiger partial charge in [0.2, 0.25) is 0 Å². The monoisotopic (exact) mass is 372 g/mol. The van der Waals surface area contributed by atoms with Gasteiger partial charge in [-0.25, -0.2) is 0 Å². The molecule has 2 aromatic rings. The minimum atomic E-state index is -0.484. The summed E-state index contributed by atoms with van der Waals surface area (Å²) in [5.41, 5.74) is 9.33. The highest BCUT2D eigenvalue weighted by atomic mass is 32.1. The lowest BCUT2D eigenvalue weighted by Gasteiger charge is -2.18. The van der Waals surface area contributed by atoms with E-state index in [9.17, 15) is 9.59 Å². The number of primary amides is 1. The van der Waals surface area contributed by atoms with Crippen molar-refractivity contribution in [1.82, 2.24) is 0 Å². The minimum Gasteiger partial charge on any atom is -0.484 e. The molecule has 0 spiro atoms. The third-order valence-corrected chi connectivity index (χ3v) is 6.03. The lowest BCUT2D eigenvalue weighted by atomic mass is 9.88. The van der Waals surface area contributed by atoms with Crippen LogP contribution < -0.4 is 15.8 Å². The van der Waals surface area contributed by atoms with Crippen molar-refractivity contribution >= 4 is 28.2 Å². The molecule has 0 saturated heterocycles. The van der Waals surface area contributed by atoms with Crippen LogP contribution in [0.25, 0.3) is 0 Å². The largest absolute Gasteiger partial charge is 0.484 e. The van der Waals surface area contributed by atoms with E-state index in [2.05, 4.69) is 12.2 Å². The third kappa shape index (κ3) is 3.90. The first-order valence-electron chi connectivity index (χ1n) is 8.79. The molecular formula is C20H24N2O3S. The van der Waals surface area contributed by atoms with Crippen molar-refractivity contribution in [2.24, 2.45) is 11.7 Å². The maximum absolute atomic E-state index is 12.3. The van der Waals surface area contributed by atoms with E-state index in [0.29, 0.717) is 22.2 Å². The number of thiophene rings is 1. The number of nitrogens with two attached hydrogens (primary N) is 1. The number of carbonyl (C=O) groups is 2. The van der Waals surface area contributed by atoms with Crippen LogP contribution >= 0.6 is 11.3 Å². The van der Waals surface area contributed by atoms with E-state index in [1.807, 2.05) is 32.0 Å². The van der Waals surface area contributed by atoms with E-state index >= 15 is 0 Å². The fraction of sp³-hybridized carbons (Fsp3) is 0.400. The normalized spacial score (nSPS) is 16.0. The van der Waals surface area contributed by atoms with Gasteiger partial charge < -0.3 is 15.8 Å². The number of anilines is 1. The van der Waals surface area contributed by atoms with Gasteiger partial charge in [0.15, 0.2) is 6.61 Å². The number of nitrogens with one attached hydrogen (secondary N) is 1. The van der Waals surface area contributed by atoms with Crippen molar-refractivity contribution in [2.45, 2.75) is 40.0 Å². The number of hydrogen-bond donors (Lipinski definition) is 2. The summed E-state index contributed by atoms with van der Waals surface area (Å²) in [5.74, 6) is 0.455. The van der Waals surface area contributed by atoms with Gasteiger partial charge in [0.05, 0.1) is 5.56 Å². The summed E-state index contributed by atoms with van der Waals surface area (Å²) in [6.07, 6.45) is 2.79. The molecule has 0 aliphatic heterocycles. The van der Waals surface area contributed by atoms with E-state index in [1.165, 1.54) is 16.9 Å². The molecule has 5 nitrogen and oxygen atoms in total. The van der Waals surface area contributed by atoms with Gasteiger partial charge in [0.1, 0.15) is 10.8 Å². The van der Waals surface area contributed by atoms with Gasteiger partial charge >= 0.3 is 0 Å². The topological polar surface area (TPSA) is 81.4 Å². The Balaban J connectivity index is 1.71. The Morgan fingerprint density at radius 1 is 1.31 bits per heavy atom. The standard InChI is InChI=1S/C20H24N2O3S/c1-11-4-7-15-16(8-11)26-20(18(15)19(21)24)22-17(23)10-25-14-6-5-12(2)13(3)9-14/h5-6,9,11H,4,7-8,10H2,1-3H3,(H2,21,24)(H,22,23)/t11-/m1/s1. The second kappa shape index (κ2) is 7.50. The van der Waals surface area contributed by atoms with Gasteiger partial charge in [-0.1, -0.05) is 13.0 Å². The number of aryl methyl sites for hydroxylation is 2. The van der Waals surface area contributed by atoms with Crippen LogP contribution in [0, 0.1) is 19.8 Å². The maximum atomic E-state index is 12.3. The lowest BCUT2D eigenvalue weighted by Crippen LogP contribution is -2.22. The molecule has 0 unspecified atom stereocenters. The Kier molecular flexibility index (Phi) is 5.32. The maximum Gasteiger partial charge on any atom is 0.262 e. The molecule has 26 heavy (non-hydrogen) atoms. The highest BCUT2D eigenvalue weighted by Gasteiger charge is 2.27. The second-order valence-electron chi connectivity index (χ2n) is 7.00. The zero-order chi connectivity index (χ0) is 18.8. The van der Waals surface area contributed by atoms with Gasteiger partial charge in [0.25, 0.3) is 11.8 Å². The summed E-state index contributed by atoms with van der Waals surface area (Å²) < 4.78 is 5.57. The number of carbonyl (C=O) groups excluding carboxylic acids is 2. The first kappa shape index (κ1) is 18.5. The van der Waals surface area contributed by atoms with Gasteiger partial charge in [-0.3, -0.25) is 9.59 Å². The number of hydrogen-bond acceptors (Lipinski definition) is 4. The molecule has 0 fully saturated rings. The lowest BCUT2D eigenvalue weighted by molar-refractivity contribution is -0.118. The van der Waals surface area contributed by atoms with Crippen LogP contribution in [0.1, 0.15) is 45.3 Å². The van der Waals surface area contributed by atoms with Crippen LogP contribution in [0.5, 0.6) is 5.75 Å². The van der Waals surface area contributed by atoms with Crippen LogP contribution in [0.15, 0.2) is 18.2 Å². The molecule has 1 aromatic carbocycles. The Labute approximate surface area is 157 Å². The molecule has 6 heteroatoms. The predicted molar refractivity (Wildman–Crippen MR) is 104 cm³/mol. The van der Waals surface area contributed by atoms with E-state index in [-0.39, 0.29) is 12.5 Å². The zero-order valence-corrected chi connectivity index (χ0v) is 16.2. The summed E-state index contributed by atoms with van der Waals surface area (Å²) in [6, 6.07) is 5.71. The molecular weight excluding hydrogens is 348 g/mol. The van der Waals surface area contributed by atoms with E-state index < -0.39 is 5.91 Å². The highest BCUT2D eigenvalue weighted by molar-refractivity contribution is 7.17. The average molecular weight is 372 g/mol. The van der Waals surface area contributed by atoms with E-state index in [1.54, 1.807) is 0 Å². The van der Waals surface area contributed by atoms with E-state index in [0.717, 1.165) is 35.3 Å². The fourth-order valence-corrected chi connectivity index (χ4v) is 4.65. The first-order valence-corrected chi connectivity index (χ1v) is 9.61. The van der Waals surface area contributed by atoms with E-state index in [4.69, 9.17) is 10.5 Å². The van der Waals surface area contributed by atoms with Gasteiger partial charge in [0, 0.05) is 4.88 Å². The van der Waals surface area contributed by atoms with Gasteiger partial charge in [-0.15, -0.1) is 11.3 Å². The van der Waals surface area contributed by atoms with Crippen molar-refractivity contribution in [2.75, 3.05) is 11.9 Å². The van der Waals surface area contributed by atoms with Crippen molar-refractivity contribution in [1.29, 1.82) is 0 Å². The Hall–Kier alpha value is -2.34. The number of ether oxygens (including phenoxy) is 1. The van der Waals surface area contributed by atoms with Gasteiger partial charge in [-0.2, -0.15) is 0 Å². The van der Waals surface area contributed by atoms with Crippen LogP contribution in [0.2, 0.25) is 0 Å².